The van der Waals surface area contributed by atoms with Crippen molar-refractivity contribution in [2.45, 2.75) is 0 Å². The number of aromatic nitrogens is 4. The van der Waals surface area contributed by atoms with E-state index in [-0.39, 0.29) is 11.9 Å². The van der Waals surface area contributed by atoms with Crippen LogP contribution in [-0.2, 0) is 0 Å². The molecule has 0 aliphatic heterocycles. The van der Waals surface area contributed by atoms with E-state index in [4.69, 9.17) is 20.0 Å². The maximum absolute atomic E-state index is 9.12. The highest BCUT2D eigenvalue weighted by molar-refractivity contribution is 5.72. The molecule has 2 aromatic carbocycles. The number of nitriles is 2. The van der Waals surface area contributed by atoms with Gasteiger partial charge >= 0.3 is 0 Å². The number of hydrogen-bond donors (Lipinski definition) is 2. The number of hydrogen-bond acceptors (Lipinski definition) is 10. The quantitative estimate of drug-likeness (QED) is 0.312. The van der Waals surface area contributed by atoms with Gasteiger partial charge < -0.3 is 9.47 Å². The van der Waals surface area contributed by atoms with Crippen molar-refractivity contribution in [3.05, 3.63) is 60.7 Å². The molecule has 10 heteroatoms. The predicted molar refractivity (Wildman–Crippen MR) is 126 cm³/mol. The second-order valence-electron chi connectivity index (χ2n) is 6.85. The van der Waals surface area contributed by atoms with Gasteiger partial charge in [-0.2, -0.15) is 10.5 Å². The molecule has 0 unspecified atom stereocenters. The molecule has 0 radical (unpaired) electrons. The SMILES string of the molecule is COc1ccc(-c2cc(-c3cc(-c4ccc(OC)cc4)nc(NC#N)n3)nc(NC#N)n2)cc1. The first kappa shape index (κ1) is 22.0. The molecule has 0 fully saturated rings. The van der Waals surface area contributed by atoms with Crippen molar-refractivity contribution < 1.29 is 9.47 Å². The number of nitrogens with one attached hydrogen (secondary N) is 2. The molecule has 0 bridgehead atoms. The third-order valence-electron chi connectivity index (χ3n) is 4.82. The molecule has 0 saturated heterocycles. The minimum absolute atomic E-state index is 0.116. The normalized spacial score (nSPS) is 10.0. The Morgan fingerprint density at radius 2 is 0.941 bits per heavy atom. The van der Waals surface area contributed by atoms with E-state index in [1.165, 1.54) is 0 Å². The summed E-state index contributed by atoms with van der Waals surface area (Å²) in [5.41, 5.74) is 3.62. The second-order valence-corrected chi connectivity index (χ2v) is 6.85. The average molecular weight is 450 g/mol. The first-order valence-electron chi connectivity index (χ1n) is 10.0. The van der Waals surface area contributed by atoms with Crippen molar-refractivity contribution >= 4 is 11.9 Å². The van der Waals surface area contributed by atoms with E-state index < -0.39 is 0 Å². The summed E-state index contributed by atoms with van der Waals surface area (Å²) in [6.07, 6.45) is 3.69. The number of anilines is 2. The van der Waals surface area contributed by atoms with Crippen LogP contribution < -0.4 is 20.1 Å². The highest BCUT2D eigenvalue weighted by Crippen LogP contribution is 2.29. The van der Waals surface area contributed by atoms with Crippen molar-refractivity contribution in [1.82, 2.24) is 19.9 Å². The van der Waals surface area contributed by atoms with Crippen molar-refractivity contribution in [3.8, 4) is 57.8 Å². The lowest BCUT2D eigenvalue weighted by Crippen LogP contribution is -2.03. The Kier molecular flexibility index (Phi) is 6.43. The van der Waals surface area contributed by atoms with Crippen LogP contribution in [0, 0.1) is 22.9 Å². The monoisotopic (exact) mass is 450 g/mol. The number of ether oxygens (including phenoxy) is 2. The average Bonchev–Trinajstić information content (AvgIpc) is 2.89. The zero-order valence-electron chi connectivity index (χ0n) is 18.3. The van der Waals surface area contributed by atoms with E-state index in [9.17, 15) is 0 Å². The van der Waals surface area contributed by atoms with Crippen molar-refractivity contribution in [2.75, 3.05) is 24.9 Å². The Balaban J connectivity index is 1.84. The van der Waals surface area contributed by atoms with Crippen molar-refractivity contribution in [2.24, 2.45) is 0 Å². The molecule has 0 aliphatic rings. The molecule has 0 aliphatic carbocycles. The number of nitrogens with zero attached hydrogens (tertiary/aromatic N) is 6. The highest BCUT2D eigenvalue weighted by atomic mass is 16.5. The van der Waals surface area contributed by atoms with Gasteiger partial charge in [-0.25, -0.2) is 19.9 Å². The van der Waals surface area contributed by atoms with E-state index in [1.807, 2.05) is 60.9 Å². The number of methoxy groups -OCH3 is 2. The van der Waals surface area contributed by atoms with Crippen LogP contribution in [0.5, 0.6) is 11.5 Å². The minimum atomic E-state index is 0.116. The maximum Gasteiger partial charge on any atom is 0.237 e. The zero-order chi connectivity index (χ0) is 23.9. The van der Waals surface area contributed by atoms with Gasteiger partial charge in [0.05, 0.1) is 37.0 Å². The Morgan fingerprint density at radius 1 is 0.588 bits per heavy atom. The molecule has 166 valence electrons. The largest absolute Gasteiger partial charge is 0.497 e. The molecule has 2 N–H and O–H groups in total. The lowest BCUT2D eigenvalue weighted by Gasteiger charge is -2.10. The van der Waals surface area contributed by atoms with Crippen molar-refractivity contribution in [1.29, 1.82) is 10.5 Å². The van der Waals surface area contributed by atoms with Gasteiger partial charge in [0.25, 0.3) is 0 Å². The fourth-order valence-electron chi connectivity index (χ4n) is 3.19. The molecule has 2 heterocycles. The Hall–Kier alpha value is -5.22. The van der Waals surface area contributed by atoms with Crippen LogP contribution in [-0.4, -0.2) is 34.2 Å². The lowest BCUT2D eigenvalue weighted by molar-refractivity contribution is 0.415. The van der Waals surface area contributed by atoms with Crippen LogP contribution in [0.2, 0.25) is 0 Å². The Bertz CT molecular complexity index is 1280. The van der Waals surface area contributed by atoms with Gasteiger partial charge in [-0.1, -0.05) is 0 Å². The summed E-state index contributed by atoms with van der Waals surface area (Å²) in [5.74, 6) is 1.65. The standard InChI is InChI=1S/C24H18N8O2/c1-33-17-7-3-15(4-8-17)19-11-21(31-23(29-19)27-13-25)22-12-20(30-24(32-22)28-14-26)16-5-9-18(34-2)10-6-16/h3-12H,1-2H3,(H,27,29,31)(H,28,30,32). The maximum atomic E-state index is 9.12. The molecule has 0 amide bonds. The second kappa shape index (κ2) is 9.94. The summed E-state index contributed by atoms with van der Waals surface area (Å²) in [5, 5.41) is 23.2. The third-order valence-corrected chi connectivity index (χ3v) is 4.82. The summed E-state index contributed by atoms with van der Waals surface area (Å²) < 4.78 is 10.4. The lowest BCUT2D eigenvalue weighted by atomic mass is 10.1. The summed E-state index contributed by atoms with van der Waals surface area (Å²) in [6.45, 7) is 0. The van der Waals surface area contributed by atoms with E-state index >= 15 is 0 Å². The summed E-state index contributed by atoms with van der Waals surface area (Å²) in [6, 6.07) is 18.2. The fourth-order valence-corrected chi connectivity index (χ4v) is 3.19. The molecular formula is C24H18N8O2. The first-order chi connectivity index (χ1) is 16.6. The van der Waals surface area contributed by atoms with E-state index in [2.05, 4.69) is 30.6 Å². The molecule has 34 heavy (non-hydrogen) atoms. The topological polar surface area (TPSA) is 142 Å². The fraction of sp³-hybridized carbons (Fsp3) is 0.0833. The minimum Gasteiger partial charge on any atom is -0.497 e. The summed E-state index contributed by atoms with van der Waals surface area (Å²) in [4.78, 5) is 17.7. The van der Waals surface area contributed by atoms with Gasteiger partial charge in [0.1, 0.15) is 11.5 Å². The van der Waals surface area contributed by atoms with Gasteiger partial charge in [-0.15, -0.1) is 0 Å². The smallest absolute Gasteiger partial charge is 0.237 e. The number of benzene rings is 2. The van der Waals surface area contributed by atoms with Crippen molar-refractivity contribution in [3.63, 3.8) is 0 Å². The Morgan fingerprint density at radius 3 is 1.26 bits per heavy atom. The first-order valence-corrected chi connectivity index (χ1v) is 10.0. The molecule has 0 spiro atoms. The van der Waals surface area contributed by atoms with Gasteiger partial charge in [-0.3, -0.25) is 10.6 Å². The molecule has 10 nitrogen and oxygen atoms in total. The van der Waals surface area contributed by atoms with Gasteiger partial charge in [-0.05, 0) is 60.7 Å². The molecule has 4 rings (SSSR count). The van der Waals surface area contributed by atoms with E-state index in [0.717, 1.165) is 11.1 Å². The van der Waals surface area contributed by atoms with E-state index in [1.54, 1.807) is 26.4 Å². The van der Waals surface area contributed by atoms with Crippen LogP contribution in [0.1, 0.15) is 0 Å². The molecule has 0 saturated carbocycles. The third kappa shape index (κ3) is 4.82. The molecular weight excluding hydrogens is 432 g/mol. The summed E-state index contributed by atoms with van der Waals surface area (Å²) in [7, 11) is 3.18. The van der Waals surface area contributed by atoms with Gasteiger partial charge in [0, 0.05) is 11.1 Å². The van der Waals surface area contributed by atoms with Crippen LogP contribution in [0.3, 0.4) is 0 Å². The zero-order valence-corrected chi connectivity index (χ0v) is 18.3. The van der Waals surface area contributed by atoms with E-state index in [0.29, 0.717) is 34.3 Å². The predicted octanol–water partition coefficient (Wildman–Crippen LogP) is 4.07. The van der Waals surface area contributed by atoms with Gasteiger partial charge in [0.2, 0.25) is 11.9 Å². The highest BCUT2D eigenvalue weighted by Gasteiger charge is 2.14. The van der Waals surface area contributed by atoms with Crippen LogP contribution in [0.4, 0.5) is 11.9 Å². The van der Waals surface area contributed by atoms with Crippen LogP contribution in [0.25, 0.3) is 33.9 Å². The van der Waals surface area contributed by atoms with Crippen LogP contribution in [0.15, 0.2) is 60.7 Å². The number of rotatable bonds is 7. The molecule has 4 aromatic rings. The van der Waals surface area contributed by atoms with Gasteiger partial charge in [0.15, 0.2) is 12.4 Å². The molecule has 2 aromatic heterocycles. The van der Waals surface area contributed by atoms with Crippen LogP contribution >= 0.6 is 0 Å². The summed E-state index contributed by atoms with van der Waals surface area (Å²) >= 11 is 0. The molecule has 0 atom stereocenters. The Labute approximate surface area is 195 Å².